The van der Waals surface area contributed by atoms with Crippen molar-refractivity contribution in [1.29, 1.82) is 0 Å². The molecule has 4 aromatic carbocycles. The zero-order valence-corrected chi connectivity index (χ0v) is 23.2. The number of hydrogen-bond acceptors (Lipinski definition) is 3. The summed E-state index contributed by atoms with van der Waals surface area (Å²) in [6.45, 7) is 3.67. The van der Waals surface area contributed by atoms with Crippen LogP contribution in [0.15, 0.2) is 121 Å². The van der Waals surface area contributed by atoms with Gasteiger partial charge in [0.15, 0.2) is 0 Å². The Morgan fingerprint density at radius 3 is 0.973 bits per heavy atom. The van der Waals surface area contributed by atoms with Gasteiger partial charge in [0.25, 0.3) is 0 Å². The van der Waals surface area contributed by atoms with E-state index in [1.54, 1.807) is 0 Å². The molecule has 7 heteroatoms. The Hall–Kier alpha value is -3.79. The molecule has 0 saturated carbocycles. The smallest absolute Gasteiger partial charge is 0.359 e. The molecule has 0 aliphatic rings. The van der Waals surface area contributed by atoms with E-state index < -0.39 is 17.0 Å². The number of carbonyl (C=O) groups is 2. The fourth-order valence-electron chi connectivity index (χ4n) is 4.40. The summed E-state index contributed by atoms with van der Waals surface area (Å²) in [6, 6.07) is 39.5. The fourth-order valence-corrected chi connectivity index (χ4v) is 13.6. The van der Waals surface area contributed by atoms with Gasteiger partial charge in [-0.2, -0.15) is 0 Å². The monoisotopic (exact) mass is 524 g/mol. The first-order valence-electron chi connectivity index (χ1n) is 12.6. The molecule has 0 spiro atoms. The van der Waals surface area contributed by atoms with E-state index in [1.807, 2.05) is 135 Å². The average molecular weight is 525 g/mol. The molecule has 0 aliphatic heterocycles. The molecule has 4 rings (SSSR count). The molecule has 4 aromatic rings. The van der Waals surface area contributed by atoms with Crippen LogP contribution in [0.5, 0.6) is 0 Å². The molecular weight excluding hydrogens is 493 g/mol. The third kappa shape index (κ3) is 5.64. The van der Waals surface area contributed by atoms with Gasteiger partial charge in [-0.25, -0.2) is 0 Å². The summed E-state index contributed by atoms with van der Waals surface area (Å²) in [5, 5.41) is 3.60. The third-order valence-corrected chi connectivity index (χ3v) is 14.6. The second kappa shape index (κ2) is 12.0. The Morgan fingerprint density at radius 2 is 0.757 bits per heavy atom. The summed E-state index contributed by atoms with van der Waals surface area (Å²) >= 11 is 0. The Morgan fingerprint density at radius 1 is 0.514 bits per heavy atom. The van der Waals surface area contributed by atoms with Crippen LogP contribution in [0, 0.1) is 0 Å². The SMILES string of the molecule is CCC(=O)N[Si](O[Si](NC(=O)CC)(c1ccccc1)c1ccccc1)(c1ccccc1)c1ccccc1. The van der Waals surface area contributed by atoms with E-state index in [4.69, 9.17) is 4.12 Å². The highest BCUT2D eigenvalue weighted by molar-refractivity contribution is 7.08. The molecule has 0 atom stereocenters. The van der Waals surface area contributed by atoms with Crippen LogP contribution >= 0.6 is 0 Å². The molecule has 0 heterocycles. The maximum Gasteiger partial charge on any atom is 0.359 e. The fraction of sp³-hybridized carbons (Fsp3) is 0.133. The van der Waals surface area contributed by atoms with Crippen molar-refractivity contribution in [2.24, 2.45) is 0 Å². The largest absolute Gasteiger partial charge is 0.410 e. The lowest BCUT2D eigenvalue weighted by atomic mass is 10.4. The summed E-state index contributed by atoms with van der Waals surface area (Å²) in [5.41, 5.74) is 0. The molecule has 2 N–H and O–H groups in total. The predicted molar refractivity (Wildman–Crippen MR) is 154 cm³/mol. The first kappa shape index (κ1) is 26.3. The minimum Gasteiger partial charge on any atom is -0.410 e. The average Bonchev–Trinajstić information content (AvgIpc) is 2.98. The summed E-state index contributed by atoms with van der Waals surface area (Å²) in [4.78, 5) is 33.1. The van der Waals surface area contributed by atoms with Crippen LogP contribution in [0.25, 0.3) is 0 Å². The number of carbonyl (C=O) groups excluding carboxylic acids is 2. The summed E-state index contributed by atoms with van der Waals surface area (Å²) in [5.74, 6) is -0.213. The molecule has 2 amide bonds. The molecule has 0 unspecified atom stereocenters. The number of nitrogens with one attached hydrogen (secondary N) is 2. The second-order valence-electron chi connectivity index (χ2n) is 8.73. The van der Waals surface area contributed by atoms with Crippen molar-refractivity contribution in [2.45, 2.75) is 26.7 Å². The van der Waals surface area contributed by atoms with Crippen LogP contribution in [0.1, 0.15) is 26.7 Å². The number of amides is 2. The molecule has 0 aliphatic carbocycles. The molecule has 0 fully saturated rings. The van der Waals surface area contributed by atoms with Crippen LogP contribution in [-0.4, -0.2) is 28.8 Å². The third-order valence-electron chi connectivity index (χ3n) is 6.30. The van der Waals surface area contributed by atoms with Crippen molar-refractivity contribution in [2.75, 3.05) is 0 Å². The predicted octanol–water partition coefficient (Wildman–Crippen LogP) is 2.57. The summed E-state index contributed by atoms with van der Waals surface area (Å²) in [7, 11) is -6.93. The standard InChI is InChI=1S/C30H32N2O3Si2/c1-3-29(33)31-36(25-17-9-5-10-18-25,26-19-11-6-12-20-26)35-37(32-30(34)4-2,27-21-13-7-14-22-27)28-23-15-8-16-24-28/h5-24H,3-4H2,1-2H3,(H,31,33)(H,32,34). The van der Waals surface area contributed by atoms with Gasteiger partial charge in [-0.15, -0.1) is 0 Å². The topological polar surface area (TPSA) is 67.4 Å². The normalized spacial score (nSPS) is 11.5. The van der Waals surface area contributed by atoms with Gasteiger partial charge in [0.1, 0.15) is 0 Å². The lowest BCUT2D eigenvalue weighted by molar-refractivity contribution is -0.120. The van der Waals surface area contributed by atoms with E-state index in [2.05, 4.69) is 9.96 Å². The molecule has 0 radical (unpaired) electrons. The highest BCUT2D eigenvalue weighted by Gasteiger charge is 2.53. The van der Waals surface area contributed by atoms with Gasteiger partial charge in [-0.05, 0) is 20.7 Å². The minimum atomic E-state index is -3.46. The van der Waals surface area contributed by atoms with Crippen LogP contribution < -0.4 is 30.7 Å². The molecule has 188 valence electrons. The van der Waals surface area contributed by atoms with Crippen molar-refractivity contribution in [3.05, 3.63) is 121 Å². The van der Waals surface area contributed by atoms with Gasteiger partial charge in [-0.3, -0.25) is 9.59 Å². The van der Waals surface area contributed by atoms with E-state index in [0.29, 0.717) is 12.8 Å². The summed E-state index contributed by atoms with van der Waals surface area (Å²) < 4.78 is 7.53. The van der Waals surface area contributed by atoms with Crippen LogP contribution in [-0.2, 0) is 13.7 Å². The van der Waals surface area contributed by atoms with Gasteiger partial charge >= 0.3 is 17.0 Å². The van der Waals surface area contributed by atoms with Gasteiger partial charge in [0.05, 0.1) is 0 Å². The van der Waals surface area contributed by atoms with Crippen molar-refractivity contribution in [1.82, 2.24) is 9.96 Å². The van der Waals surface area contributed by atoms with Crippen molar-refractivity contribution in [3.8, 4) is 0 Å². The zero-order valence-electron chi connectivity index (χ0n) is 21.2. The maximum atomic E-state index is 13.2. The van der Waals surface area contributed by atoms with Gasteiger partial charge in [-0.1, -0.05) is 135 Å². The highest BCUT2D eigenvalue weighted by atomic mass is 28.4. The zero-order chi connectivity index (χ0) is 26.1. The number of hydrogen-bond donors (Lipinski definition) is 2. The minimum absolute atomic E-state index is 0.106. The first-order chi connectivity index (χ1) is 18.0. The molecule has 0 saturated heterocycles. The number of benzene rings is 4. The lowest BCUT2D eigenvalue weighted by Crippen LogP contribution is -2.83. The van der Waals surface area contributed by atoms with Crippen LogP contribution in [0.2, 0.25) is 0 Å². The summed E-state index contributed by atoms with van der Waals surface area (Å²) in [6.07, 6.45) is 0.620. The van der Waals surface area contributed by atoms with Crippen LogP contribution in [0.4, 0.5) is 0 Å². The lowest BCUT2D eigenvalue weighted by Gasteiger charge is -2.42. The van der Waals surface area contributed by atoms with Crippen molar-refractivity contribution < 1.29 is 13.7 Å². The van der Waals surface area contributed by atoms with Gasteiger partial charge < -0.3 is 14.1 Å². The van der Waals surface area contributed by atoms with Crippen molar-refractivity contribution in [3.63, 3.8) is 0 Å². The first-order valence-corrected chi connectivity index (χ1v) is 16.4. The van der Waals surface area contributed by atoms with Gasteiger partial charge in [0.2, 0.25) is 11.8 Å². The molecule has 0 bridgehead atoms. The molecule has 0 aromatic heterocycles. The molecular formula is C30H32N2O3Si2. The Bertz CT molecular complexity index is 1120. The molecule has 5 nitrogen and oxygen atoms in total. The Labute approximate surface area is 220 Å². The quantitative estimate of drug-likeness (QED) is 0.314. The number of rotatable bonds is 10. The van der Waals surface area contributed by atoms with E-state index in [0.717, 1.165) is 20.7 Å². The molecule has 37 heavy (non-hydrogen) atoms. The van der Waals surface area contributed by atoms with Gasteiger partial charge in [0, 0.05) is 12.8 Å². The second-order valence-corrected chi connectivity index (χ2v) is 15.1. The van der Waals surface area contributed by atoms with E-state index >= 15 is 0 Å². The van der Waals surface area contributed by atoms with E-state index in [1.165, 1.54) is 0 Å². The highest BCUT2D eigenvalue weighted by Crippen LogP contribution is 2.15. The maximum absolute atomic E-state index is 13.2. The Kier molecular flexibility index (Phi) is 8.50. The van der Waals surface area contributed by atoms with E-state index in [-0.39, 0.29) is 11.8 Å². The Balaban J connectivity index is 2.07. The van der Waals surface area contributed by atoms with E-state index in [9.17, 15) is 9.59 Å². The van der Waals surface area contributed by atoms with Crippen LogP contribution in [0.3, 0.4) is 0 Å². The van der Waals surface area contributed by atoms with Crippen molar-refractivity contribution >= 4 is 49.5 Å².